The Morgan fingerprint density at radius 2 is 2.00 bits per heavy atom. The molecule has 0 aliphatic heterocycles. The van der Waals surface area contributed by atoms with E-state index < -0.39 is 5.91 Å². The lowest BCUT2D eigenvalue weighted by Gasteiger charge is -2.13. The number of ether oxygens (including phenoxy) is 2. The number of anilines is 1. The Morgan fingerprint density at radius 3 is 2.75 bits per heavy atom. The second-order valence-electron chi connectivity index (χ2n) is 6.66. The van der Waals surface area contributed by atoms with E-state index in [2.05, 4.69) is 20.8 Å². The molecule has 4 rings (SSSR count). The first-order chi connectivity index (χ1) is 15.5. The first-order valence-corrected chi connectivity index (χ1v) is 9.81. The maximum absolute atomic E-state index is 13.3. The molecule has 1 amide bonds. The lowest BCUT2D eigenvalue weighted by molar-refractivity contribution is 0.102. The van der Waals surface area contributed by atoms with Gasteiger partial charge in [0, 0.05) is 17.8 Å². The van der Waals surface area contributed by atoms with Gasteiger partial charge in [-0.3, -0.25) is 4.79 Å². The standard InChI is InChI=1S/C22H17ClFN5O3/c1-31-21-11-20(29-13-25-27-28-29)19(23)10-18(21)22(30)26-16-6-3-7-17(9-16)32-12-14-4-2-5-15(24)8-14/h2-11,13H,12H2,1H3,(H,26,30). The third-order valence-electron chi connectivity index (χ3n) is 4.50. The van der Waals surface area contributed by atoms with Crippen molar-refractivity contribution in [1.29, 1.82) is 0 Å². The first kappa shape index (κ1) is 21.3. The molecule has 0 atom stereocenters. The zero-order valence-electron chi connectivity index (χ0n) is 16.8. The second-order valence-corrected chi connectivity index (χ2v) is 7.07. The average molecular weight is 454 g/mol. The topological polar surface area (TPSA) is 91.2 Å². The number of hydrogen-bond acceptors (Lipinski definition) is 6. The molecule has 0 saturated heterocycles. The Morgan fingerprint density at radius 1 is 1.16 bits per heavy atom. The highest BCUT2D eigenvalue weighted by atomic mass is 35.5. The van der Waals surface area contributed by atoms with E-state index in [1.54, 1.807) is 42.5 Å². The van der Waals surface area contributed by atoms with Gasteiger partial charge in [0.15, 0.2) is 0 Å². The molecular formula is C22H17ClFN5O3. The highest BCUT2D eigenvalue weighted by Crippen LogP contribution is 2.30. The number of carbonyl (C=O) groups excluding carboxylic acids is 1. The molecular weight excluding hydrogens is 437 g/mol. The van der Waals surface area contributed by atoms with Crippen molar-refractivity contribution in [3.05, 3.63) is 89.0 Å². The highest BCUT2D eigenvalue weighted by Gasteiger charge is 2.18. The summed E-state index contributed by atoms with van der Waals surface area (Å²) in [6.45, 7) is 0.192. The smallest absolute Gasteiger partial charge is 0.259 e. The molecule has 1 N–H and O–H groups in total. The maximum atomic E-state index is 13.3. The van der Waals surface area contributed by atoms with Crippen LogP contribution >= 0.6 is 11.6 Å². The predicted octanol–water partition coefficient (Wildman–Crippen LogP) is 4.29. The van der Waals surface area contributed by atoms with Crippen LogP contribution in [0, 0.1) is 5.82 Å². The van der Waals surface area contributed by atoms with Gasteiger partial charge in [0.2, 0.25) is 0 Å². The van der Waals surface area contributed by atoms with Gasteiger partial charge >= 0.3 is 0 Å². The van der Waals surface area contributed by atoms with Gasteiger partial charge in [0.25, 0.3) is 5.91 Å². The number of halogens is 2. The summed E-state index contributed by atoms with van der Waals surface area (Å²) in [4.78, 5) is 12.9. The molecule has 0 saturated carbocycles. The highest BCUT2D eigenvalue weighted by molar-refractivity contribution is 6.33. The van der Waals surface area contributed by atoms with Gasteiger partial charge in [-0.05, 0) is 46.3 Å². The molecule has 0 fully saturated rings. The van der Waals surface area contributed by atoms with Crippen molar-refractivity contribution >= 4 is 23.2 Å². The fourth-order valence-electron chi connectivity index (χ4n) is 2.99. The van der Waals surface area contributed by atoms with Crippen LogP contribution in [0.1, 0.15) is 15.9 Å². The molecule has 3 aromatic carbocycles. The summed E-state index contributed by atoms with van der Waals surface area (Å²) in [5.41, 5.74) is 1.91. The van der Waals surface area contributed by atoms with Crippen molar-refractivity contribution in [1.82, 2.24) is 20.2 Å². The van der Waals surface area contributed by atoms with Gasteiger partial charge in [-0.15, -0.1) is 5.10 Å². The van der Waals surface area contributed by atoms with E-state index >= 15 is 0 Å². The van der Waals surface area contributed by atoms with E-state index in [-0.39, 0.29) is 23.0 Å². The van der Waals surface area contributed by atoms with Crippen molar-refractivity contribution in [3.63, 3.8) is 0 Å². The van der Waals surface area contributed by atoms with Crippen LogP contribution in [0.25, 0.3) is 5.69 Å². The molecule has 1 heterocycles. The van der Waals surface area contributed by atoms with Crippen LogP contribution < -0.4 is 14.8 Å². The zero-order valence-corrected chi connectivity index (χ0v) is 17.6. The third-order valence-corrected chi connectivity index (χ3v) is 4.80. The summed E-state index contributed by atoms with van der Waals surface area (Å²) in [5.74, 6) is 0.0714. The van der Waals surface area contributed by atoms with Crippen molar-refractivity contribution < 1.29 is 18.7 Å². The van der Waals surface area contributed by atoms with Crippen LogP contribution in [-0.4, -0.2) is 33.2 Å². The van der Waals surface area contributed by atoms with Crippen LogP contribution in [0.3, 0.4) is 0 Å². The summed E-state index contributed by atoms with van der Waals surface area (Å²) < 4.78 is 25.8. The number of methoxy groups -OCH3 is 1. The van der Waals surface area contributed by atoms with Crippen LogP contribution in [0.2, 0.25) is 5.02 Å². The second kappa shape index (κ2) is 9.44. The molecule has 0 aliphatic rings. The van der Waals surface area contributed by atoms with Crippen molar-refractivity contribution in [3.8, 4) is 17.2 Å². The Hall–Kier alpha value is -3.98. The van der Waals surface area contributed by atoms with Gasteiger partial charge < -0.3 is 14.8 Å². The van der Waals surface area contributed by atoms with Gasteiger partial charge in [-0.25, -0.2) is 4.39 Å². The Labute approximate surface area is 187 Å². The third kappa shape index (κ3) is 4.84. The fourth-order valence-corrected chi connectivity index (χ4v) is 3.24. The van der Waals surface area contributed by atoms with Crippen molar-refractivity contribution in [2.45, 2.75) is 6.61 Å². The molecule has 4 aromatic rings. The predicted molar refractivity (Wildman–Crippen MR) is 116 cm³/mol. The van der Waals surface area contributed by atoms with Gasteiger partial charge in [0.05, 0.1) is 23.4 Å². The number of rotatable bonds is 7. The molecule has 10 heteroatoms. The maximum Gasteiger partial charge on any atom is 0.259 e. The van der Waals surface area contributed by atoms with Crippen LogP contribution in [0.4, 0.5) is 10.1 Å². The van der Waals surface area contributed by atoms with E-state index in [0.29, 0.717) is 28.4 Å². The van der Waals surface area contributed by atoms with Gasteiger partial charge in [-0.2, -0.15) is 4.68 Å². The molecule has 1 aromatic heterocycles. The monoisotopic (exact) mass is 453 g/mol. The summed E-state index contributed by atoms with van der Waals surface area (Å²) in [7, 11) is 1.45. The Bertz CT molecular complexity index is 1250. The number of aromatic nitrogens is 4. The van der Waals surface area contributed by atoms with E-state index in [1.165, 1.54) is 36.3 Å². The van der Waals surface area contributed by atoms with Gasteiger partial charge in [-0.1, -0.05) is 29.8 Å². The van der Waals surface area contributed by atoms with Gasteiger partial charge in [0.1, 0.15) is 30.3 Å². The van der Waals surface area contributed by atoms with Crippen molar-refractivity contribution in [2.75, 3.05) is 12.4 Å². The molecule has 0 aliphatic carbocycles. The summed E-state index contributed by atoms with van der Waals surface area (Å²) in [5, 5.41) is 14.0. The summed E-state index contributed by atoms with van der Waals surface area (Å²) in [6, 6.07) is 16.1. The largest absolute Gasteiger partial charge is 0.496 e. The SMILES string of the molecule is COc1cc(-n2cnnn2)c(Cl)cc1C(=O)Nc1cccc(OCc2cccc(F)c2)c1. The van der Waals surface area contributed by atoms with Crippen LogP contribution in [0.15, 0.2) is 67.0 Å². The quantitative estimate of drug-likeness (QED) is 0.448. The zero-order chi connectivity index (χ0) is 22.5. The fraction of sp³-hybridized carbons (Fsp3) is 0.0909. The van der Waals surface area contributed by atoms with E-state index in [0.717, 1.165) is 0 Å². The number of nitrogens with zero attached hydrogens (tertiary/aromatic N) is 4. The Balaban J connectivity index is 1.50. The minimum atomic E-state index is -0.422. The number of benzene rings is 3. The van der Waals surface area contributed by atoms with Crippen molar-refractivity contribution in [2.24, 2.45) is 0 Å². The lowest BCUT2D eigenvalue weighted by Crippen LogP contribution is -2.14. The van der Waals surface area contributed by atoms with E-state index in [4.69, 9.17) is 21.1 Å². The molecule has 0 unspecified atom stereocenters. The number of tetrazole rings is 1. The number of nitrogens with one attached hydrogen (secondary N) is 1. The molecule has 0 bridgehead atoms. The normalized spacial score (nSPS) is 10.6. The summed E-state index contributed by atoms with van der Waals surface area (Å²) in [6.07, 6.45) is 1.38. The number of amides is 1. The molecule has 8 nitrogen and oxygen atoms in total. The molecule has 0 spiro atoms. The molecule has 162 valence electrons. The van der Waals surface area contributed by atoms with E-state index in [1.807, 2.05) is 0 Å². The minimum absolute atomic E-state index is 0.192. The number of carbonyl (C=O) groups is 1. The summed E-state index contributed by atoms with van der Waals surface area (Å²) >= 11 is 6.33. The number of hydrogen-bond donors (Lipinski definition) is 1. The first-order valence-electron chi connectivity index (χ1n) is 9.43. The van der Waals surface area contributed by atoms with Crippen LogP contribution in [0.5, 0.6) is 11.5 Å². The molecule has 32 heavy (non-hydrogen) atoms. The minimum Gasteiger partial charge on any atom is -0.496 e. The van der Waals surface area contributed by atoms with Crippen LogP contribution in [-0.2, 0) is 6.61 Å². The van der Waals surface area contributed by atoms with E-state index in [9.17, 15) is 9.18 Å². The molecule has 0 radical (unpaired) electrons. The lowest BCUT2D eigenvalue weighted by atomic mass is 10.1. The average Bonchev–Trinajstić information content (AvgIpc) is 3.32. The Kier molecular flexibility index (Phi) is 6.27.